The van der Waals surface area contributed by atoms with E-state index in [1.54, 1.807) is 43.0 Å². The molecule has 0 unspecified atom stereocenters. The summed E-state index contributed by atoms with van der Waals surface area (Å²) in [5.41, 5.74) is 1.45. The zero-order valence-electron chi connectivity index (χ0n) is 17.7. The molecule has 10 nitrogen and oxygen atoms in total. The fourth-order valence-corrected chi connectivity index (χ4v) is 4.35. The Morgan fingerprint density at radius 1 is 1.15 bits per heavy atom. The number of carbonyl (C=O) groups is 1. The number of pyridine rings is 1. The van der Waals surface area contributed by atoms with Crippen LogP contribution in [0.1, 0.15) is 16.2 Å². The molecule has 166 valence electrons. The third-order valence-electron chi connectivity index (χ3n) is 5.12. The first-order chi connectivity index (χ1) is 16.1. The van der Waals surface area contributed by atoms with E-state index in [1.807, 2.05) is 29.6 Å². The lowest BCUT2D eigenvalue weighted by atomic mass is 10.2. The lowest BCUT2D eigenvalue weighted by Gasteiger charge is -2.13. The number of carbonyl (C=O) groups excluding carboxylic acids is 1. The van der Waals surface area contributed by atoms with Gasteiger partial charge < -0.3 is 14.8 Å². The maximum absolute atomic E-state index is 12.9. The summed E-state index contributed by atoms with van der Waals surface area (Å²) in [5.74, 6) is 1.14. The maximum Gasteiger partial charge on any atom is 0.342 e. The van der Waals surface area contributed by atoms with Crippen LogP contribution >= 0.6 is 11.3 Å². The number of hydrogen-bond donors (Lipinski definition) is 1. The van der Waals surface area contributed by atoms with Crippen molar-refractivity contribution in [3.8, 4) is 5.75 Å². The largest absolute Gasteiger partial charge is 0.495 e. The number of rotatable bonds is 6. The Morgan fingerprint density at radius 2 is 2.00 bits per heavy atom. The van der Waals surface area contributed by atoms with E-state index in [0.717, 1.165) is 0 Å². The van der Waals surface area contributed by atoms with E-state index in [1.165, 1.54) is 15.9 Å². The van der Waals surface area contributed by atoms with E-state index in [9.17, 15) is 9.59 Å². The second-order valence-corrected chi connectivity index (χ2v) is 7.97. The van der Waals surface area contributed by atoms with E-state index in [-0.39, 0.29) is 17.7 Å². The van der Waals surface area contributed by atoms with Gasteiger partial charge in [-0.25, -0.2) is 9.78 Å². The molecule has 0 saturated carbocycles. The number of benzene rings is 1. The lowest BCUT2D eigenvalue weighted by Crippen LogP contribution is -2.19. The molecule has 0 fully saturated rings. The number of hydrogen-bond acceptors (Lipinski definition) is 9. The minimum absolute atomic E-state index is 0.133. The van der Waals surface area contributed by atoms with Crippen molar-refractivity contribution < 1.29 is 14.3 Å². The third-order valence-corrected chi connectivity index (χ3v) is 6.01. The summed E-state index contributed by atoms with van der Waals surface area (Å²) in [6.45, 7) is -0.133. The summed E-state index contributed by atoms with van der Waals surface area (Å²) in [7, 11) is 3.20. The molecule has 1 N–H and O–H groups in total. The SMILES string of the molecule is COc1ccccc1Nc1ncccc1C(=O)OCc1nnc2n(C)c(=O)c3sccc3n12. The molecule has 0 bridgehead atoms. The molecule has 5 rings (SSSR count). The van der Waals surface area contributed by atoms with Gasteiger partial charge in [-0.3, -0.25) is 13.8 Å². The van der Waals surface area contributed by atoms with Crippen LogP contribution in [0.5, 0.6) is 5.75 Å². The molecule has 0 aliphatic rings. The standard InChI is InChI=1S/C22H18N6O4S/c1-27-20(29)18-15(9-11-33-18)28-17(25-26-22(27)28)12-32-21(30)13-6-5-10-23-19(13)24-14-7-3-4-8-16(14)31-2/h3-11H,12H2,1-2H3,(H,23,24). The molecular formula is C22H18N6O4S. The van der Waals surface area contributed by atoms with Gasteiger partial charge in [-0.1, -0.05) is 12.1 Å². The summed E-state index contributed by atoms with van der Waals surface area (Å²) in [6.07, 6.45) is 1.58. The molecule has 33 heavy (non-hydrogen) atoms. The van der Waals surface area contributed by atoms with Crippen molar-refractivity contribution in [1.29, 1.82) is 0 Å². The first-order valence-corrected chi connectivity index (χ1v) is 10.8. The fourth-order valence-electron chi connectivity index (χ4n) is 3.50. The predicted molar refractivity (Wildman–Crippen MR) is 123 cm³/mol. The molecule has 11 heteroatoms. The van der Waals surface area contributed by atoms with Crippen LogP contribution in [-0.2, 0) is 18.4 Å². The number of methoxy groups -OCH3 is 1. The van der Waals surface area contributed by atoms with Crippen molar-refractivity contribution in [2.45, 2.75) is 6.61 Å². The summed E-state index contributed by atoms with van der Waals surface area (Å²) < 4.78 is 14.6. The molecule has 5 aromatic rings. The van der Waals surface area contributed by atoms with Gasteiger partial charge in [0.05, 0.1) is 18.3 Å². The average Bonchev–Trinajstić information content (AvgIpc) is 3.49. The van der Waals surface area contributed by atoms with Crippen LogP contribution < -0.4 is 15.6 Å². The highest BCUT2D eigenvalue weighted by atomic mass is 32.1. The predicted octanol–water partition coefficient (Wildman–Crippen LogP) is 3.15. The van der Waals surface area contributed by atoms with Crippen LogP contribution in [0.2, 0.25) is 0 Å². The van der Waals surface area contributed by atoms with Crippen molar-refractivity contribution in [2.24, 2.45) is 7.05 Å². The van der Waals surface area contributed by atoms with Crippen molar-refractivity contribution in [1.82, 2.24) is 24.1 Å². The number of thiophene rings is 1. The normalized spacial score (nSPS) is 11.1. The Kier molecular flexibility index (Phi) is 5.23. The van der Waals surface area contributed by atoms with E-state index in [2.05, 4.69) is 20.5 Å². The minimum atomic E-state index is -0.580. The second-order valence-electron chi connectivity index (χ2n) is 7.05. The van der Waals surface area contributed by atoms with Gasteiger partial charge in [0.15, 0.2) is 12.4 Å². The molecule has 0 saturated heterocycles. The van der Waals surface area contributed by atoms with Gasteiger partial charge >= 0.3 is 5.97 Å². The first-order valence-electron chi connectivity index (χ1n) is 9.91. The van der Waals surface area contributed by atoms with Crippen LogP contribution in [0.3, 0.4) is 0 Å². The van der Waals surface area contributed by atoms with Crippen LogP contribution in [0.4, 0.5) is 11.5 Å². The van der Waals surface area contributed by atoms with Gasteiger partial charge in [0.25, 0.3) is 5.56 Å². The molecular weight excluding hydrogens is 444 g/mol. The number of nitrogens with zero attached hydrogens (tertiary/aromatic N) is 5. The Hall–Kier alpha value is -4.25. The number of aryl methyl sites for hydroxylation is 1. The van der Waals surface area contributed by atoms with Crippen molar-refractivity contribution in [3.05, 3.63) is 75.8 Å². The summed E-state index contributed by atoms with van der Waals surface area (Å²) in [6, 6.07) is 12.4. The Bertz CT molecular complexity index is 1550. The smallest absolute Gasteiger partial charge is 0.342 e. The van der Waals surface area contributed by atoms with Crippen molar-refractivity contribution in [2.75, 3.05) is 12.4 Å². The van der Waals surface area contributed by atoms with Gasteiger partial charge in [-0.05, 0) is 35.7 Å². The number of aromatic nitrogens is 5. The first kappa shape index (κ1) is 20.6. The lowest BCUT2D eigenvalue weighted by molar-refractivity contribution is 0.0462. The quantitative estimate of drug-likeness (QED) is 0.383. The van der Waals surface area contributed by atoms with Crippen LogP contribution in [0.15, 0.2) is 58.8 Å². The highest BCUT2D eigenvalue weighted by molar-refractivity contribution is 7.17. The topological polar surface area (TPSA) is 113 Å². The van der Waals surface area contributed by atoms with Crippen LogP contribution in [0, 0.1) is 0 Å². The number of anilines is 2. The zero-order valence-corrected chi connectivity index (χ0v) is 18.5. The van der Waals surface area contributed by atoms with Gasteiger partial charge in [-0.2, -0.15) is 0 Å². The van der Waals surface area contributed by atoms with Crippen molar-refractivity contribution >= 4 is 44.8 Å². The highest BCUT2D eigenvalue weighted by Gasteiger charge is 2.19. The number of fused-ring (bicyclic) bond motifs is 3. The Morgan fingerprint density at radius 3 is 2.85 bits per heavy atom. The van der Waals surface area contributed by atoms with E-state index in [4.69, 9.17) is 9.47 Å². The van der Waals surface area contributed by atoms with E-state index >= 15 is 0 Å². The molecule has 1 aromatic carbocycles. The summed E-state index contributed by atoms with van der Waals surface area (Å²) in [5, 5.41) is 13.2. The average molecular weight is 462 g/mol. The van der Waals surface area contributed by atoms with Gasteiger partial charge in [0, 0.05) is 13.2 Å². The van der Waals surface area contributed by atoms with Gasteiger partial charge in [0.2, 0.25) is 5.78 Å². The number of ether oxygens (including phenoxy) is 2. The van der Waals surface area contributed by atoms with Crippen LogP contribution in [0.25, 0.3) is 16.0 Å². The Labute approximate surface area is 191 Å². The monoisotopic (exact) mass is 462 g/mol. The highest BCUT2D eigenvalue weighted by Crippen LogP contribution is 2.28. The molecule has 0 atom stereocenters. The van der Waals surface area contributed by atoms with Crippen molar-refractivity contribution in [3.63, 3.8) is 0 Å². The maximum atomic E-state index is 12.9. The molecule has 0 aliphatic carbocycles. The molecule has 0 amide bonds. The molecule has 0 spiro atoms. The number of para-hydroxylation sites is 2. The minimum Gasteiger partial charge on any atom is -0.495 e. The Balaban J connectivity index is 1.43. The molecule has 0 radical (unpaired) electrons. The van der Waals surface area contributed by atoms with Gasteiger partial charge in [-0.15, -0.1) is 21.5 Å². The number of nitrogens with one attached hydrogen (secondary N) is 1. The van der Waals surface area contributed by atoms with Crippen LogP contribution in [-0.4, -0.2) is 37.2 Å². The molecule has 4 heterocycles. The molecule has 4 aromatic heterocycles. The summed E-state index contributed by atoms with van der Waals surface area (Å²) >= 11 is 1.34. The third kappa shape index (κ3) is 3.57. The second kappa shape index (κ2) is 8.36. The number of esters is 1. The van der Waals surface area contributed by atoms with Gasteiger partial charge in [0.1, 0.15) is 21.8 Å². The summed E-state index contributed by atoms with van der Waals surface area (Å²) in [4.78, 5) is 29.7. The molecule has 0 aliphatic heterocycles. The fraction of sp³-hybridized carbons (Fsp3) is 0.136. The van der Waals surface area contributed by atoms with E-state index in [0.29, 0.717) is 39.1 Å². The zero-order chi connectivity index (χ0) is 22.9. The van der Waals surface area contributed by atoms with E-state index < -0.39 is 5.97 Å².